The summed E-state index contributed by atoms with van der Waals surface area (Å²) in [5.74, 6) is -0.701. The van der Waals surface area contributed by atoms with Crippen molar-refractivity contribution in [3.63, 3.8) is 0 Å². The van der Waals surface area contributed by atoms with Crippen LogP contribution in [0.5, 0.6) is 0 Å². The van der Waals surface area contributed by atoms with Crippen LogP contribution in [0.4, 0.5) is 4.79 Å². The molecule has 1 amide bonds. The lowest BCUT2D eigenvalue weighted by molar-refractivity contribution is -0.151. The van der Waals surface area contributed by atoms with E-state index in [-0.39, 0.29) is 24.1 Å². The number of carbonyl (C=O) groups excluding carboxylic acids is 3. The summed E-state index contributed by atoms with van der Waals surface area (Å²) in [7, 11) is 0. The Morgan fingerprint density at radius 1 is 1.00 bits per heavy atom. The third-order valence-electron chi connectivity index (χ3n) is 2.19. The van der Waals surface area contributed by atoms with Crippen molar-refractivity contribution < 1.29 is 28.6 Å². The molecule has 0 spiro atoms. The summed E-state index contributed by atoms with van der Waals surface area (Å²) in [5.41, 5.74) is -1.24. The van der Waals surface area contributed by atoms with Gasteiger partial charge in [-0.3, -0.25) is 4.79 Å². The van der Waals surface area contributed by atoms with E-state index in [1.54, 1.807) is 48.5 Å². The SMILES string of the molecule is CCOC(=O)C(CSCC(=O)OC(C)(C)C)NC(=O)OC(C)(C)C. The maximum Gasteiger partial charge on any atom is 0.408 e. The highest BCUT2D eigenvalue weighted by Crippen LogP contribution is 2.12. The number of hydrogen-bond acceptors (Lipinski definition) is 7. The van der Waals surface area contributed by atoms with Gasteiger partial charge in [0, 0.05) is 5.75 Å². The Kier molecular flexibility index (Phi) is 9.17. The number of thioether (sulfide) groups is 1. The number of alkyl carbamates (subject to hydrolysis) is 1. The molecule has 0 aliphatic heterocycles. The first-order valence-corrected chi connectivity index (χ1v) is 8.95. The number of amides is 1. The maximum absolute atomic E-state index is 11.9. The molecule has 0 saturated carbocycles. The van der Waals surface area contributed by atoms with Gasteiger partial charge in [-0.2, -0.15) is 0 Å². The number of rotatable bonds is 7. The van der Waals surface area contributed by atoms with Crippen LogP contribution >= 0.6 is 11.8 Å². The summed E-state index contributed by atoms with van der Waals surface area (Å²) in [6.07, 6.45) is -0.710. The molecular formula is C16H29NO6S. The van der Waals surface area contributed by atoms with E-state index in [9.17, 15) is 14.4 Å². The minimum atomic E-state index is -0.896. The van der Waals surface area contributed by atoms with Gasteiger partial charge in [0.2, 0.25) is 0 Å². The standard InChI is InChI=1S/C16H29NO6S/c1-8-21-13(19)11(17-14(20)23-16(5,6)7)9-24-10-12(18)22-15(2,3)4/h11H,8-10H2,1-7H3,(H,17,20). The van der Waals surface area contributed by atoms with Gasteiger partial charge >= 0.3 is 18.0 Å². The van der Waals surface area contributed by atoms with E-state index in [4.69, 9.17) is 14.2 Å². The molecule has 7 nitrogen and oxygen atoms in total. The van der Waals surface area contributed by atoms with E-state index in [1.165, 1.54) is 11.8 Å². The summed E-state index contributed by atoms with van der Waals surface area (Å²) in [6.45, 7) is 12.4. The zero-order valence-electron chi connectivity index (χ0n) is 15.6. The van der Waals surface area contributed by atoms with E-state index < -0.39 is 29.3 Å². The Morgan fingerprint density at radius 2 is 1.54 bits per heavy atom. The molecule has 1 unspecified atom stereocenters. The van der Waals surface area contributed by atoms with E-state index in [2.05, 4.69) is 5.32 Å². The molecule has 0 aromatic rings. The van der Waals surface area contributed by atoms with Gasteiger partial charge < -0.3 is 19.5 Å². The van der Waals surface area contributed by atoms with Crippen molar-refractivity contribution in [1.82, 2.24) is 5.32 Å². The lowest BCUT2D eigenvalue weighted by Crippen LogP contribution is -2.46. The fraction of sp³-hybridized carbons (Fsp3) is 0.812. The molecule has 0 saturated heterocycles. The fourth-order valence-corrected chi connectivity index (χ4v) is 2.29. The molecule has 0 aromatic heterocycles. The second kappa shape index (κ2) is 9.76. The van der Waals surface area contributed by atoms with Crippen LogP contribution in [0, 0.1) is 0 Å². The van der Waals surface area contributed by atoms with Gasteiger partial charge in [0.25, 0.3) is 0 Å². The maximum atomic E-state index is 11.9. The van der Waals surface area contributed by atoms with Crippen LogP contribution in [0.1, 0.15) is 48.5 Å². The Balaban J connectivity index is 4.55. The minimum Gasteiger partial charge on any atom is -0.464 e. The molecule has 1 atom stereocenters. The normalized spacial score (nSPS) is 13.0. The summed E-state index contributed by atoms with van der Waals surface area (Å²) in [4.78, 5) is 35.4. The third-order valence-corrected chi connectivity index (χ3v) is 3.20. The number of ether oxygens (including phenoxy) is 3. The number of carbonyl (C=O) groups is 3. The van der Waals surface area contributed by atoms with Gasteiger partial charge in [0.05, 0.1) is 12.4 Å². The topological polar surface area (TPSA) is 90.9 Å². The average Bonchev–Trinajstić information content (AvgIpc) is 2.33. The zero-order valence-corrected chi connectivity index (χ0v) is 16.4. The first-order chi connectivity index (χ1) is 10.8. The molecule has 0 aromatic carbocycles. The minimum absolute atomic E-state index is 0.0726. The number of esters is 2. The Labute approximate surface area is 148 Å². The van der Waals surface area contributed by atoms with Crippen LogP contribution in [0.25, 0.3) is 0 Å². The Hall–Kier alpha value is -1.44. The van der Waals surface area contributed by atoms with E-state index >= 15 is 0 Å². The highest BCUT2D eigenvalue weighted by Gasteiger charge is 2.26. The van der Waals surface area contributed by atoms with Crippen molar-refractivity contribution in [1.29, 1.82) is 0 Å². The van der Waals surface area contributed by atoms with Crippen LogP contribution in [0.2, 0.25) is 0 Å². The Bertz CT molecular complexity index is 439. The molecule has 140 valence electrons. The molecule has 0 aliphatic rings. The molecule has 24 heavy (non-hydrogen) atoms. The lowest BCUT2D eigenvalue weighted by Gasteiger charge is -2.23. The smallest absolute Gasteiger partial charge is 0.408 e. The van der Waals surface area contributed by atoms with E-state index in [1.807, 2.05) is 0 Å². The summed E-state index contributed by atoms with van der Waals surface area (Å²) in [5, 5.41) is 2.47. The first-order valence-electron chi connectivity index (χ1n) is 7.80. The van der Waals surface area contributed by atoms with E-state index in [0.717, 1.165) is 0 Å². The summed E-state index contributed by atoms with van der Waals surface area (Å²) < 4.78 is 15.3. The van der Waals surface area contributed by atoms with Crippen molar-refractivity contribution in [2.45, 2.75) is 65.7 Å². The molecule has 0 rings (SSSR count). The van der Waals surface area contributed by atoms with Crippen molar-refractivity contribution in [2.24, 2.45) is 0 Å². The molecule has 0 heterocycles. The Morgan fingerprint density at radius 3 is 2.00 bits per heavy atom. The van der Waals surface area contributed by atoms with Crippen LogP contribution in [0.15, 0.2) is 0 Å². The van der Waals surface area contributed by atoms with Crippen LogP contribution < -0.4 is 5.32 Å². The summed E-state index contributed by atoms with van der Waals surface area (Å²) >= 11 is 1.18. The van der Waals surface area contributed by atoms with Gasteiger partial charge in [-0.1, -0.05) is 0 Å². The highest BCUT2D eigenvalue weighted by atomic mass is 32.2. The van der Waals surface area contributed by atoms with Crippen molar-refractivity contribution in [3.8, 4) is 0 Å². The molecular weight excluding hydrogens is 334 g/mol. The lowest BCUT2D eigenvalue weighted by atomic mass is 10.2. The average molecular weight is 363 g/mol. The second-order valence-electron chi connectivity index (χ2n) is 7.05. The predicted octanol–water partition coefficient (Wildman–Crippen LogP) is 2.52. The molecule has 0 aliphatic carbocycles. The monoisotopic (exact) mass is 363 g/mol. The van der Waals surface area contributed by atoms with Gasteiger partial charge in [0.15, 0.2) is 0 Å². The third kappa shape index (κ3) is 12.0. The zero-order chi connectivity index (χ0) is 19.0. The van der Waals surface area contributed by atoms with Crippen LogP contribution in [0.3, 0.4) is 0 Å². The van der Waals surface area contributed by atoms with E-state index in [0.29, 0.717) is 0 Å². The van der Waals surface area contributed by atoms with Crippen molar-refractivity contribution in [2.75, 3.05) is 18.1 Å². The highest BCUT2D eigenvalue weighted by molar-refractivity contribution is 8.00. The van der Waals surface area contributed by atoms with Gasteiger partial charge in [-0.15, -0.1) is 11.8 Å². The molecule has 1 N–H and O–H groups in total. The molecule has 0 fully saturated rings. The first kappa shape index (κ1) is 22.6. The quantitative estimate of drug-likeness (QED) is 0.549. The van der Waals surface area contributed by atoms with Crippen molar-refractivity contribution >= 4 is 29.8 Å². The molecule has 8 heteroatoms. The number of nitrogens with one attached hydrogen (secondary N) is 1. The largest absolute Gasteiger partial charge is 0.464 e. The van der Waals surface area contributed by atoms with Crippen LogP contribution in [-0.4, -0.2) is 53.4 Å². The second-order valence-corrected chi connectivity index (χ2v) is 8.08. The van der Waals surface area contributed by atoms with Crippen molar-refractivity contribution in [3.05, 3.63) is 0 Å². The number of hydrogen-bond donors (Lipinski definition) is 1. The van der Waals surface area contributed by atoms with Gasteiger partial charge in [-0.05, 0) is 48.5 Å². The van der Waals surface area contributed by atoms with Gasteiger partial charge in [0.1, 0.15) is 17.2 Å². The van der Waals surface area contributed by atoms with Gasteiger partial charge in [-0.25, -0.2) is 9.59 Å². The summed E-state index contributed by atoms with van der Waals surface area (Å²) in [6, 6.07) is -0.896. The predicted molar refractivity (Wildman–Crippen MR) is 93.0 cm³/mol. The molecule has 0 bridgehead atoms. The van der Waals surface area contributed by atoms with Crippen LogP contribution in [-0.2, 0) is 23.8 Å². The molecule has 0 radical (unpaired) electrons. The fourth-order valence-electron chi connectivity index (χ4n) is 1.49.